The highest BCUT2D eigenvalue weighted by Gasteiger charge is 2.55. The Morgan fingerprint density at radius 2 is 1.62 bits per heavy atom. The Bertz CT molecular complexity index is 201. The average Bonchev–Trinajstić information content (AvgIpc) is 1.98. The molecule has 1 rings (SSSR count). The molecule has 0 saturated carbocycles. The van der Waals surface area contributed by atoms with E-state index in [-0.39, 0.29) is 0 Å². The number of aliphatic hydroxyl groups excluding tert-OH is 2. The van der Waals surface area contributed by atoms with Crippen LogP contribution in [0.5, 0.6) is 0 Å². The summed E-state index contributed by atoms with van der Waals surface area (Å²) < 4.78 is 4.93. The Hall–Kier alpha value is -0.200. The van der Waals surface area contributed by atoms with Gasteiger partial charge < -0.3 is 25.2 Å². The van der Waals surface area contributed by atoms with Crippen molar-refractivity contribution in [1.82, 2.24) is 0 Å². The van der Waals surface area contributed by atoms with Crippen molar-refractivity contribution in [2.24, 2.45) is 0 Å². The van der Waals surface area contributed by atoms with Crippen molar-refractivity contribution in [2.45, 2.75) is 50.5 Å². The fourth-order valence-corrected chi connectivity index (χ4v) is 1.68. The molecule has 0 bridgehead atoms. The molecule has 1 aliphatic rings. The summed E-state index contributed by atoms with van der Waals surface area (Å²) in [7, 11) is 0. The molecule has 0 aliphatic carbocycles. The molecular weight excluding hydrogens is 176 g/mol. The molecule has 0 spiro atoms. The third-order valence-electron chi connectivity index (χ3n) is 2.53. The predicted molar refractivity (Wildman–Crippen MR) is 43.8 cm³/mol. The summed E-state index contributed by atoms with van der Waals surface area (Å²) >= 11 is 0. The molecule has 1 aliphatic heterocycles. The van der Waals surface area contributed by atoms with Gasteiger partial charge in [-0.15, -0.1) is 0 Å². The van der Waals surface area contributed by atoms with Crippen LogP contribution in [0.15, 0.2) is 0 Å². The minimum Gasteiger partial charge on any atom is -0.387 e. The number of aliphatic hydroxyl groups is 4. The normalized spacial score (nSPS) is 57.9. The molecule has 1 saturated heterocycles. The van der Waals surface area contributed by atoms with Gasteiger partial charge in [-0.2, -0.15) is 0 Å². The Morgan fingerprint density at radius 3 is 2.08 bits per heavy atom. The van der Waals surface area contributed by atoms with E-state index in [1.54, 1.807) is 0 Å². The summed E-state index contributed by atoms with van der Waals surface area (Å²) in [6.07, 6.45) is -3.48. The van der Waals surface area contributed by atoms with Gasteiger partial charge in [0.05, 0.1) is 6.10 Å². The van der Waals surface area contributed by atoms with Gasteiger partial charge >= 0.3 is 0 Å². The molecule has 5 nitrogen and oxygen atoms in total. The maximum Gasteiger partial charge on any atom is 0.192 e. The molecule has 5 heteroatoms. The van der Waals surface area contributed by atoms with E-state index in [9.17, 15) is 20.4 Å². The van der Waals surface area contributed by atoms with Crippen LogP contribution in [0.1, 0.15) is 20.8 Å². The third-order valence-corrected chi connectivity index (χ3v) is 2.53. The van der Waals surface area contributed by atoms with Crippen LogP contribution in [0.4, 0.5) is 0 Å². The Kier molecular flexibility index (Phi) is 2.42. The van der Waals surface area contributed by atoms with Gasteiger partial charge in [0.2, 0.25) is 0 Å². The molecule has 0 aromatic carbocycles. The summed E-state index contributed by atoms with van der Waals surface area (Å²) in [5, 5.41) is 38.1. The molecule has 78 valence electrons. The fourth-order valence-electron chi connectivity index (χ4n) is 1.68. The first-order valence-electron chi connectivity index (χ1n) is 4.18. The maximum atomic E-state index is 9.68. The molecule has 0 aromatic rings. The van der Waals surface area contributed by atoms with Crippen LogP contribution in [0.25, 0.3) is 0 Å². The highest BCUT2D eigenvalue weighted by Crippen LogP contribution is 2.34. The van der Waals surface area contributed by atoms with E-state index in [4.69, 9.17) is 4.74 Å². The van der Waals surface area contributed by atoms with Gasteiger partial charge in [0.15, 0.2) is 5.79 Å². The van der Waals surface area contributed by atoms with Gasteiger partial charge in [0.1, 0.15) is 17.8 Å². The second-order valence-electron chi connectivity index (χ2n) is 3.95. The van der Waals surface area contributed by atoms with E-state index in [2.05, 4.69) is 0 Å². The standard InChI is InChI=1S/C8H16O5/c1-4-5(9)7(2,11)6(10)8(3,12)13-4/h4-6,9-12H,1-3H3/t4-,5+,6-,7-,8-/m1/s1. The number of rotatable bonds is 0. The lowest BCUT2D eigenvalue weighted by Gasteiger charge is -2.48. The van der Waals surface area contributed by atoms with Crippen LogP contribution in [0, 0.1) is 0 Å². The summed E-state index contributed by atoms with van der Waals surface area (Å²) in [6.45, 7) is 4.02. The predicted octanol–water partition coefficient (Wildman–Crippen LogP) is -1.41. The molecule has 13 heavy (non-hydrogen) atoms. The first-order chi connectivity index (χ1) is 5.69. The highest BCUT2D eigenvalue weighted by atomic mass is 16.7. The summed E-state index contributed by atoms with van der Waals surface area (Å²) in [6, 6.07) is 0. The van der Waals surface area contributed by atoms with Crippen LogP contribution in [0.3, 0.4) is 0 Å². The summed E-state index contributed by atoms with van der Waals surface area (Å²) in [5.41, 5.74) is -1.76. The van der Waals surface area contributed by atoms with E-state index < -0.39 is 29.7 Å². The molecule has 0 radical (unpaired) electrons. The summed E-state index contributed by atoms with van der Waals surface area (Å²) in [4.78, 5) is 0. The lowest BCUT2D eigenvalue weighted by Crippen LogP contribution is -2.68. The van der Waals surface area contributed by atoms with Gasteiger partial charge in [0.25, 0.3) is 0 Å². The smallest absolute Gasteiger partial charge is 0.192 e. The van der Waals surface area contributed by atoms with Crippen molar-refractivity contribution in [2.75, 3.05) is 0 Å². The van der Waals surface area contributed by atoms with Crippen LogP contribution in [-0.4, -0.2) is 50.1 Å². The van der Waals surface area contributed by atoms with E-state index in [1.165, 1.54) is 20.8 Å². The lowest BCUT2D eigenvalue weighted by atomic mass is 9.82. The molecule has 1 heterocycles. The van der Waals surface area contributed by atoms with Crippen molar-refractivity contribution >= 4 is 0 Å². The third kappa shape index (κ3) is 1.58. The molecule has 0 unspecified atom stereocenters. The number of ether oxygens (including phenoxy) is 1. The van der Waals surface area contributed by atoms with Crippen molar-refractivity contribution in [3.05, 3.63) is 0 Å². The molecule has 5 atom stereocenters. The van der Waals surface area contributed by atoms with Crippen molar-refractivity contribution in [3.63, 3.8) is 0 Å². The van der Waals surface area contributed by atoms with E-state index in [0.29, 0.717) is 0 Å². The minimum absolute atomic E-state index is 0.728. The monoisotopic (exact) mass is 192 g/mol. The maximum absolute atomic E-state index is 9.68. The first-order valence-corrected chi connectivity index (χ1v) is 4.18. The van der Waals surface area contributed by atoms with Crippen LogP contribution in [0.2, 0.25) is 0 Å². The van der Waals surface area contributed by atoms with Crippen molar-refractivity contribution in [1.29, 1.82) is 0 Å². The molecule has 4 N–H and O–H groups in total. The minimum atomic E-state index is -1.83. The summed E-state index contributed by atoms with van der Waals surface area (Å²) in [5.74, 6) is -1.83. The van der Waals surface area contributed by atoms with E-state index >= 15 is 0 Å². The molecule has 1 fully saturated rings. The number of hydrogen-bond acceptors (Lipinski definition) is 5. The van der Waals surface area contributed by atoms with Gasteiger partial charge in [-0.3, -0.25) is 0 Å². The first kappa shape index (κ1) is 10.9. The zero-order valence-electron chi connectivity index (χ0n) is 7.93. The van der Waals surface area contributed by atoms with Gasteiger partial charge in [-0.05, 0) is 20.8 Å². The Morgan fingerprint density at radius 1 is 1.15 bits per heavy atom. The number of hydrogen-bond donors (Lipinski definition) is 4. The highest BCUT2D eigenvalue weighted by molar-refractivity contribution is 5.01. The fraction of sp³-hybridized carbons (Fsp3) is 1.00. The second kappa shape index (κ2) is 2.90. The Balaban J connectivity index is 2.96. The molecular formula is C8H16O5. The van der Waals surface area contributed by atoms with Crippen LogP contribution >= 0.6 is 0 Å². The van der Waals surface area contributed by atoms with Gasteiger partial charge in [0, 0.05) is 0 Å². The van der Waals surface area contributed by atoms with Crippen LogP contribution < -0.4 is 0 Å². The molecule has 0 amide bonds. The topological polar surface area (TPSA) is 90.2 Å². The molecule has 0 aromatic heterocycles. The zero-order chi connectivity index (χ0) is 10.4. The van der Waals surface area contributed by atoms with E-state index in [1.807, 2.05) is 0 Å². The van der Waals surface area contributed by atoms with Gasteiger partial charge in [-0.1, -0.05) is 0 Å². The zero-order valence-corrected chi connectivity index (χ0v) is 7.93. The average molecular weight is 192 g/mol. The lowest BCUT2D eigenvalue weighted by molar-refractivity contribution is -0.358. The van der Waals surface area contributed by atoms with Crippen LogP contribution in [-0.2, 0) is 4.74 Å². The quantitative estimate of drug-likeness (QED) is 0.378. The van der Waals surface area contributed by atoms with Gasteiger partial charge in [-0.25, -0.2) is 0 Å². The largest absolute Gasteiger partial charge is 0.387 e. The second-order valence-corrected chi connectivity index (χ2v) is 3.95. The SMILES string of the molecule is C[C@H]1O[C@@](C)(O)[C@H](O)[C@](C)(O)[C@H]1O. The van der Waals surface area contributed by atoms with Crippen molar-refractivity contribution in [3.8, 4) is 0 Å². The van der Waals surface area contributed by atoms with Crippen molar-refractivity contribution < 1.29 is 25.2 Å². The van der Waals surface area contributed by atoms with E-state index in [0.717, 1.165) is 0 Å². The Labute approximate surface area is 76.6 Å².